The van der Waals surface area contributed by atoms with Crippen LogP contribution in [-0.2, 0) is 4.76 Å². The van der Waals surface area contributed by atoms with Crippen molar-refractivity contribution in [3.8, 4) is 11.1 Å². The molecule has 0 unspecified atom stereocenters. The number of nitrogens with zero attached hydrogens (tertiary/aromatic N) is 1. The Morgan fingerprint density at radius 1 is 1.11 bits per heavy atom. The van der Waals surface area contributed by atoms with E-state index in [4.69, 9.17) is 20.8 Å². The van der Waals surface area contributed by atoms with E-state index in [0.29, 0.717) is 49.7 Å². The first kappa shape index (κ1) is 26.0. The zero-order valence-electron chi connectivity index (χ0n) is 21.7. The van der Waals surface area contributed by atoms with Crippen molar-refractivity contribution in [1.29, 1.82) is 0 Å². The molecule has 0 saturated heterocycles. The van der Waals surface area contributed by atoms with Gasteiger partial charge in [0.1, 0.15) is 17.2 Å². The standard InChI is InChI=1S/C29H27BClFN2O4/c1-14(2)28-16(4)27(35)23-9-15(3)8-21(29(23)37-28)17(5)34-25-7-6-20(31)12-22(25)18-10-19-13-33-38-30(36)26(19)24(32)11-18/h6-14,17,34,36H,1-5H3/t17-/m0/s1. The first-order valence-electron chi connectivity index (χ1n) is 12.4. The Hall–Kier alpha value is -3.62. The zero-order valence-corrected chi connectivity index (χ0v) is 22.5. The molecule has 0 radical (unpaired) electrons. The number of anilines is 1. The Labute approximate surface area is 225 Å². The number of aryl methyl sites for hydroxylation is 1. The summed E-state index contributed by atoms with van der Waals surface area (Å²) in [4.78, 5) is 13.2. The van der Waals surface area contributed by atoms with E-state index in [1.807, 2.05) is 45.9 Å². The third kappa shape index (κ3) is 4.59. The van der Waals surface area contributed by atoms with Crippen molar-refractivity contribution in [2.75, 3.05) is 5.32 Å². The summed E-state index contributed by atoms with van der Waals surface area (Å²) in [6, 6.07) is 12.0. The average molecular weight is 533 g/mol. The van der Waals surface area contributed by atoms with Crippen LogP contribution in [0.4, 0.5) is 10.1 Å². The van der Waals surface area contributed by atoms with Crippen LogP contribution < -0.4 is 16.2 Å². The Morgan fingerprint density at radius 3 is 2.61 bits per heavy atom. The van der Waals surface area contributed by atoms with E-state index < -0.39 is 12.9 Å². The van der Waals surface area contributed by atoms with Gasteiger partial charge >= 0.3 is 7.12 Å². The van der Waals surface area contributed by atoms with Crippen LogP contribution in [0.5, 0.6) is 0 Å². The second-order valence-electron chi connectivity index (χ2n) is 10.0. The quantitative estimate of drug-likeness (QED) is 0.298. The van der Waals surface area contributed by atoms with Crippen LogP contribution in [0.15, 0.2) is 56.8 Å². The fourth-order valence-corrected chi connectivity index (χ4v) is 5.18. The minimum atomic E-state index is -1.47. The summed E-state index contributed by atoms with van der Waals surface area (Å²) in [5.41, 5.74) is 5.30. The predicted molar refractivity (Wildman–Crippen MR) is 151 cm³/mol. The van der Waals surface area contributed by atoms with E-state index in [1.165, 1.54) is 12.3 Å². The number of benzene rings is 3. The van der Waals surface area contributed by atoms with E-state index in [2.05, 4.69) is 10.5 Å². The van der Waals surface area contributed by atoms with Crippen LogP contribution in [0.1, 0.15) is 60.7 Å². The van der Waals surface area contributed by atoms with E-state index in [1.54, 1.807) is 25.1 Å². The Balaban J connectivity index is 1.62. The highest BCUT2D eigenvalue weighted by Crippen LogP contribution is 2.36. The number of hydrogen-bond donors (Lipinski definition) is 2. The molecule has 6 nitrogen and oxygen atoms in total. The summed E-state index contributed by atoms with van der Waals surface area (Å²) in [5.74, 6) is 0.112. The van der Waals surface area contributed by atoms with Gasteiger partial charge in [0.05, 0.1) is 17.6 Å². The lowest BCUT2D eigenvalue weighted by molar-refractivity contribution is 0.285. The van der Waals surface area contributed by atoms with Gasteiger partial charge in [0.25, 0.3) is 0 Å². The lowest BCUT2D eigenvalue weighted by Gasteiger charge is -2.22. The maximum Gasteiger partial charge on any atom is 0.586 e. The largest absolute Gasteiger partial charge is 0.586 e. The van der Waals surface area contributed by atoms with Gasteiger partial charge in [-0.1, -0.05) is 31.5 Å². The highest BCUT2D eigenvalue weighted by molar-refractivity contribution is 6.62. The molecule has 2 N–H and O–H groups in total. The van der Waals surface area contributed by atoms with Gasteiger partial charge in [-0.2, -0.15) is 0 Å². The molecular formula is C29H27BClFN2O4. The lowest BCUT2D eigenvalue weighted by atomic mass is 9.75. The maximum absolute atomic E-state index is 15.0. The number of hydrogen-bond acceptors (Lipinski definition) is 6. The molecule has 1 aromatic heterocycles. The summed E-state index contributed by atoms with van der Waals surface area (Å²) in [6.07, 6.45) is 1.37. The van der Waals surface area contributed by atoms with Gasteiger partial charge in [0.2, 0.25) is 0 Å². The van der Waals surface area contributed by atoms with Crippen LogP contribution in [0.2, 0.25) is 5.02 Å². The zero-order chi connectivity index (χ0) is 27.3. The first-order chi connectivity index (χ1) is 18.0. The van der Waals surface area contributed by atoms with Gasteiger partial charge in [-0.15, -0.1) is 5.16 Å². The second-order valence-corrected chi connectivity index (χ2v) is 10.5. The maximum atomic E-state index is 15.0. The van der Waals surface area contributed by atoms with Crippen LogP contribution in [0.25, 0.3) is 22.1 Å². The second kappa shape index (κ2) is 9.93. The van der Waals surface area contributed by atoms with Crippen LogP contribution in [0.3, 0.4) is 0 Å². The van der Waals surface area contributed by atoms with Crippen LogP contribution in [-0.4, -0.2) is 18.4 Å². The minimum absolute atomic E-state index is 0.0309. The van der Waals surface area contributed by atoms with Gasteiger partial charge in [0.15, 0.2) is 5.43 Å². The van der Waals surface area contributed by atoms with Gasteiger partial charge < -0.3 is 19.5 Å². The highest BCUT2D eigenvalue weighted by Gasteiger charge is 2.30. The van der Waals surface area contributed by atoms with Crippen molar-refractivity contribution in [3.05, 3.63) is 91.5 Å². The summed E-state index contributed by atoms with van der Waals surface area (Å²) in [7, 11) is -1.47. The highest BCUT2D eigenvalue weighted by atomic mass is 35.5. The van der Waals surface area contributed by atoms with Crippen molar-refractivity contribution in [2.45, 2.75) is 46.6 Å². The van der Waals surface area contributed by atoms with E-state index >= 15 is 4.39 Å². The number of nitrogens with one attached hydrogen (secondary N) is 1. The molecule has 0 spiro atoms. The molecule has 4 aromatic rings. The molecule has 5 rings (SSSR count). The summed E-state index contributed by atoms with van der Waals surface area (Å²) < 4.78 is 26.1. The molecule has 0 amide bonds. The molecular weight excluding hydrogens is 506 g/mol. The minimum Gasteiger partial charge on any atom is -0.460 e. The molecule has 194 valence electrons. The molecule has 3 aromatic carbocycles. The Bertz CT molecular complexity index is 1670. The third-order valence-corrected chi connectivity index (χ3v) is 7.08. The first-order valence-corrected chi connectivity index (χ1v) is 12.8. The molecule has 38 heavy (non-hydrogen) atoms. The molecule has 0 aliphatic carbocycles. The molecule has 0 saturated carbocycles. The molecule has 1 aliphatic heterocycles. The average Bonchev–Trinajstić information content (AvgIpc) is 2.86. The van der Waals surface area contributed by atoms with Gasteiger partial charge in [-0.05, 0) is 68.3 Å². The number of fused-ring (bicyclic) bond motifs is 2. The molecule has 0 fully saturated rings. The van der Waals surface area contributed by atoms with Crippen molar-refractivity contribution in [2.24, 2.45) is 5.16 Å². The smallest absolute Gasteiger partial charge is 0.460 e. The molecule has 1 atom stereocenters. The Kier molecular flexibility index (Phi) is 6.80. The summed E-state index contributed by atoms with van der Waals surface area (Å²) in [6.45, 7) is 9.73. The molecule has 1 aliphatic rings. The molecule has 9 heteroatoms. The number of halogens is 2. The fourth-order valence-electron chi connectivity index (χ4n) is 5.01. The van der Waals surface area contributed by atoms with Gasteiger partial charge in [-0.3, -0.25) is 4.79 Å². The van der Waals surface area contributed by atoms with E-state index in [-0.39, 0.29) is 22.9 Å². The predicted octanol–water partition coefficient (Wildman–Crippen LogP) is 6.22. The van der Waals surface area contributed by atoms with Crippen LogP contribution in [0, 0.1) is 19.7 Å². The number of oxime groups is 1. The molecule has 0 bridgehead atoms. The van der Waals surface area contributed by atoms with Crippen LogP contribution >= 0.6 is 11.6 Å². The van der Waals surface area contributed by atoms with E-state index in [0.717, 1.165) is 11.1 Å². The normalized spacial score (nSPS) is 13.6. The number of rotatable bonds is 5. The van der Waals surface area contributed by atoms with Crippen molar-refractivity contribution < 1.29 is 18.6 Å². The van der Waals surface area contributed by atoms with Crippen molar-refractivity contribution in [1.82, 2.24) is 0 Å². The SMILES string of the molecule is Cc1cc([C@H](C)Nc2ccc(Cl)cc2-c2cc(F)c3c(c2)C=NOB3O)c2oc(C(C)C)c(C)c(=O)c2c1. The summed E-state index contributed by atoms with van der Waals surface area (Å²) in [5, 5.41) is 18.2. The van der Waals surface area contributed by atoms with Gasteiger partial charge in [-0.25, -0.2) is 4.39 Å². The topological polar surface area (TPSA) is 84.1 Å². The fraction of sp³-hybridized carbons (Fsp3) is 0.241. The monoisotopic (exact) mass is 532 g/mol. The molecule has 2 heterocycles. The van der Waals surface area contributed by atoms with Crippen molar-refractivity contribution >= 4 is 47.1 Å². The third-order valence-electron chi connectivity index (χ3n) is 6.85. The summed E-state index contributed by atoms with van der Waals surface area (Å²) >= 11 is 6.35. The Morgan fingerprint density at radius 2 is 1.87 bits per heavy atom. The lowest BCUT2D eigenvalue weighted by Crippen LogP contribution is -2.40. The van der Waals surface area contributed by atoms with E-state index in [9.17, 15) is 9.82 Å². The van der Waals surface area contributed by atoms with Gasteiger partial charge in [0, 0.05) is 44.3 Å². The van der Waals surface area contributed by atoms with Crippen molar-refractivity contribution in [3.63, 3.8) is 0 Å².